The number of ketones is 1. The molecule has 0 aromatic heterocycles. The van der Waals surface area contributed by atoms with Crippen LogP contribution < -0.4 is 4.74 Å². The van der Waals surface area contributed by atoms with Crippen LogP contribution in [-0.2, 0) is 25.5 Å². The van der Waals surface area contributed by atoms with Crippen molar-refractivity contribution in [1.29, 1.82) is 0 Å². The first-order chi connectivity index (χ1) is 15.2. The van der Waals surface area contributed by atoms with Crippen molar-refractivity contribution in [1.82, 2.24) is 0 Å². The fourth-order valence-corrected chi connectivity index (χ4v) is 5.85. The highest BCUT2D eigenvalue weighted by Gasteiger charge is 2.60. The summed E-state index contributed by atoms with van der Waals surface area (Å²) >= 11 is 0. The summed E-state index contributed by atoms with van der Waals surface area (Å²) in [6.07, 6.45) is -9.79. The summed E-state index contributed by atoms with van der Waals surface area (Å²) in [6, 6.07) is 4.29. The molecule has 0 radical (unpaired) electrons. The highest BCUT2D eigenvalue weighted by Crippen LogP contribution is 2.60. The zero-order chi connectivity index (χ0) is 24.3. The summed E-state index contributed by atoms with van der Waals surface area (Å²) in [5.74, 6) is -5.80. The van der Waals surface area contributed by atoms with Gasteiger partial charge in [0.15, 0.2) is 11.9 Å². The van der Waals surface area contributed by atoms with Crippen LogP contribution in [0.1, 0.15) is 49.7 Å². The van der Waals surface area contributed by atoms with Crippen molar-refractivity contribution in [2.24, 2.45) is 17.3 Å². The molecule has 0 N–H and O–H groups in total. The van der Waals surface area contributed by atoms with Crippen LogP contribution in [0.15, 0.2) is 18.2 Å². The molecule has 11 heteroatoms. The molecule has 5 unspecified atom stereocenters. The third kappa shape index (κ3) is 4.10. The molecule has 0 heterocycles. The van der Waals surface area contributed by atoms with Gasteiger partial charge in [-0.1, -0.05) is 13.0 Å². The molecule has 2 fully saturated rings. The average Bonchev–Trinajstić information content (AvgIpc) is 2.97. The van der Waals surface area contributed by atoms with Crippen molar-refractivity contribution in [2.75, 3.05) is 0 Å². The van der Waals surface area contributed by atoms with Gasteiger partial charge in [-0.3, -0.25) is 4.79 Å². The Morgan fingerprint density at radius 1 is 1.03 bits per heavy atom. The fraction of sp³-hybridized carbons (Fsp3) is 0.591. The van der Waals surface area contributed by atoms with Gasteiger partial charge < -0.3 is 9.47 Å². The summed E-state index contributed by atoms with van der Waals surface area (Å²) in [5.41, 5.74) is 0.692. The first kappa shape index (κ1) is 23.6. The Morgan fingerprint density at radius 2 is 1.70 bits per heavy atom. The van der Waals surface area contributed by atoms with Crippen molar-refractivity contribution < 1.29 is 50.2 Å². The Bertz CT molecular complexity index is 1000. The van der Waals surface area contributed by atoms with Crippen molar-refractivity contribution in [3.05, 3.63) is 29.3 Å². The Labute approximate surface area is 184 Å². The molecule has 4 rings (SSSR count). The molecular weight excluding hydrogens is 458 g/mol. The van der Waals surface area contributed by atoms with Gasteiger partial charge in [-0.15, -0.1) is 0 Å². The number of carbonyl (C=O) groups is 3. The minimum absolute atomic E-state index is 0.00886. The molecule has 180 valence electrons. The van der Waals surface area contributed by atoms with Crippen molar-refractivity contribution >= 4 is 17.7 Å². The number of hydrogen-bond donors (Lipinski definition) is 0. The van der Waals surface area contributed by atoms with Crippen LogP contribution in [-0.4, -0.2) is 36.2 Å². The second kappa shape index (κ2) is 7.73. The summed E-state index contributed by atoms with van der Waals surface area (Å²) in [6.45, 7) is 1.70. The molecule has 0 aliphatic heterocycles. The quantitative estimate of drug-likeness (QED) is 0.351. The molecule has 33 heavy (non-hydrogen) atoms. The number of Topliss-reactive ketones (excluding diaryl/α,β-unsaturated/α-hetero) is 1. The molecule has 1 aromatic carbocycles. The maximum atomic E-state index is 12.9. The normalized spacial score (nSPS) is 31.3. The molecule has 0 spiro atoms. The van der Waals surface area contributed by atoms with Gasteiger partial charge >= 0.3 is 24.3 Å². The van der Waals surface area contributed by atoms with E-state index in [9.17, 15) is 40.7 Å². The molecule has 0 amide bonds. The summed E-state index contributed by atoms with van der Waals surface area (Å²) in [7, 11) is 0. The lowest BCUT2D eigenvalue weighted by Gasteiger charge is -2.48. The van der Waals surface area contributed by atoms with Gasteiger partial charge in [-0.05, 0) is 73.1 Å². The van der Waals surface area contributed by atoms with E-state index in [4.69, 9.17) is 0 Å². The zero-order valence-electron chi connectivity index (χ0n) is 17.4. The second-order valence-corrected chi connectivity index (χ2v) is 9.11. The SMILES string of the molecule is CC12CCC3c4ccc(OC(=O)C(F)(F)F)cc4CCC3C1CC(OC(=O)C(F)(F)F)C2=O. The van der Waals surface area contributed by atoms with E-state index in [1.54, 1.807) is 13.0 Å². The lowest BCUT2D eigenvalue weighted by atomic mass is 9.55. The largest absolute Gasteiger partial charge is 0.491 e. The molecular formula is C22H20F6O5. The number of rotatable bonds is 2. The number of benzene rings is 1. The van der Waals surface area contributed by atoms with Crippen molar-refractivity contribution in [3.63, 3.8) is 0 Å². The molecule has 2 saturated carbocycles. The number of fused-ring (bicyclic) bond motifs is 5. The van der Waals surface area contributed by atoms with Crippen molar-refractivity contribution in [3.8, 4) is 5.75 Å². The number of ether oxygens (including phenoxy) is 2. The van der Waals surface area contributed by atoms with Gasteiger partial charge in [0, 0.05) is 5.41 Å². The van der Waals surface area contributed by atoms with E-state index in [-0.39, 0.29) is 29.9 Å². The molecule has 1 aromatic rings. The van der Waals surface area contributed by atoms with E-state index in [0.717, 1.165) is 11.1 Å². The van der Waals surface area contributed by atoms with Gasteiger partial charge in [0.25, 0.3) is 0 Å². The number of halogens is 6. The predicted molar refractivity (Wildman–Crippen MR) is 99.1 cm³/mol. The number of carbonyl (C=O) groups excluding carboxylic acids is 3. The van der Waals surface area contributed by atoms with Crippen LogP contribution in [0.5, 0.6) is 5.75 Å². The Balaban J connectivity index is 1.54. The van der Waals surface area contributed by atoms with Gasteiger partial charge in [0.2, 0.25) is 0 Å². The topological polar surface area (TPSA) is 69.7 Å². The number of esters is 2. The van der Waals surface area contributed by atoms with E-state index in [2.05, 4.69) is 9.47 Å². The summed E-state index contributed by atoms with van der Waals surface area (Å²) in [5, 5.41) is 0. The van der Waals surface area contributed by atoms with Gasteiger partial charge in [-0.25, -0.2) is 9.59 Å². The maximum absolute atomic E-state index is 12.9. The lowest BCUT2D eigenvalue weighted by molar-refractivity contribution is -0.204. The number of hydrogen-bond acceptors (Lipinski definition) is 5. The van der Waals surface area contributed by atoms with Crippen molar-refractivity contribution in [2.45, 2.75) is 63.4 Å². The number of aryl methyl sites for hydroxylation is 1. The van der Waals surface area contributed by atoms with Crippen LogP contribution in [0.3, 0.4) is 0 Å². The summed E-state index contributed by atoms with van der Waals surface area (Å²) < 4.78 is 84.2. The summed E-state index contributed by atoms with van der Waals surface area (Å²) in [4.78, 5) is 35.3. The Hall–Kier alpha value is -2.59. The molecule has 3 aliphatic rings. The lowest BCUT2D eigenvalue weighted by Crippen LogP contribution is -2.43. The molecule has 0 bridgehead atoms. The second-order valence-electron chi connectivity index (χ2n) is 9.11. The van der Waals surface area contributed by atoms with E-state index >= 15 is 0 Å². The highest BCUT2D eigenvalue weighted by atomic mass is 19.4. The minimum atomic E-state index is -5.19. The average molecular weight is 478 g/mol. The number of alkyl halides is 6. The fourth-order valence-electron chi connectivity index (χ4n) is 5.85. The van der Waals surface area contributed by atoms with Crippen LogP contribution in [0.2, 0.25) is 0 Å². The zero-order valence-corrected chi connectivity index (χ0v) is 17.4. The van der Waals surface area contributed by atoms with Gasteiger partial charge in [0.1, 0.15) is 5.75 Å². The smallest absolute Gasteiger partial charge is 0.448 e. The third-order valence-electron chi connectivity index (χ3n) is 7.33. The van der Waals surface area contributed by atoms with E-state index in [1.165, 1.54) is 12.1 Å². The first-order valence-electron chi connectivity index (χ1n) is 10.5. The monoisotopic (exact) mass is 478 g/mol. The Morgan fingerprint density at radius 3 is 2.33 bits per heavy atom. The standard InChI is InChI=1S/C22H20F6O5/c1-20-7-6-13-12-5-3-11(32-18(30)21(23,24)25)8-10(12)2-4-14(13)15(20)9-16(17(20)29)33-19(31)22(26,27)28/h3,5,8,13-16H,2,4,6-7,9H2,1H3. The predicted octanol–water partition coefficient (Wildman–Crippen LogP) is 4.66. The van der Waals surface area contributed by atoms with Crippen LogP contribution in [0.4, 0.5) is 26.3 Å². The first-order valence-corrected chi connectivity index (χ1v) is 10.5. The molecule has 0 saturated heterocycles. The minimum Gasteiger partial charge on any atom is -0.448 e. The molecule has 5 nitrogen and oxygen atoms in total. The highest BCUT2D eigenvalue weighted by molar-refractivity contribution is 5.93. The third-order valence-corrected chi connectivity index (χ3v) is 7.33. The van der Waals surface area contributed by atoms with E-state index in [0.29, 0.717) is 25.7 Å². The van der Waals surface area contributed by atoms with Crippen LogP contribution in [0, 0.1) is 17.3 Å². The van der Waals surface area contributed by atoms with E-state index < -0.39 is 41.6 Å². The van der Waals surface area contributed by atoms with Crippen LogP contribution >= 0.6 is 0 Å². The Kier molecular flexibility index (Phi) is 5.52. The van der Waals surface area contributed by atoms with Gasteiger partial charge in [-0.2, -0.15) is 26.3 Å². The van der Waals surface area contributed by atoms with Gasteiger partial charge in [0.05, 0.1) is 0 Å². The van der Waals surface area contributed by atoms with Crippen LogP contribution in [0.25, 0.3) is 0 Å². The molecule has 3 aliphatic carbocycles. The van der Waals surface area contributed by atoms with E-state index in [1.807, 2.05) is 0 Å². The maximum Gasteiger partial charge on any atom is 0.491 e. The molecule has 5 atom stereocenters.